The SMILES string of the molecule is COc1ccc2nc(N3C(=O)C(=O)/C(=C(/O)c4ccc5c(c4)C[C@@H](C)O5)[C@@H]3c3ccc([N+](=O)[O-])cc3)sc2c1. The number of anilines is 1. The normalized spacial score (nSPS) is 19.8. The van der Waals surface area contributed by atoms with Crippen LogP contribution in [-0.2, 0) is 16.0 Å². The summed E-state index contributed by atoms with van der Waals surface area (Å²) >= 11 is 1.20. The van der Waals surface area contributed by atoms with Crippen LogP contribution in [0, 0.1) is 10.1 Å². The molecule has 10 nitrogen and oxygen atoms in total. The zero-order valence-corrected chi connectivity index (χ0v) is 21.6. The number of hydrogen-bond donors (Lipinski definition) is 1. The van der Waals surface area contributed by atoms with E-state index in [1.807, 2.05) is 6.92 Å². The number of methoxy groups -OCH3 is 1. The Hall–Kier alpha value is -4.77. The summed E-state index contributed by atoms with van der Waals surface area (Å²) in [6, 6.07) is 14.9. The molecule has 0 aliphatic carbocycles. The molecule has 1 fully saturated rings. The lowest BCUT2D eigenvalue weighted by molar-refractivity contribution is -0.384. The molecule has 196 valence electrons. The Labute approximate surface area is 225 Å². The number of hydrogen-bond acceptors (Lipinski definition) is 9. The summed E-state index contributed by atoms with van der Waals surface area (Å²) in [6.07, 6.45) is 0.631. The van der Waals surface area contributed by atoms with Crippen molar-refractivity contribution >= 4 is 49.8 Å². The Morgan fingerprint density at radius 3 is 2.64 bits per heavy atom. The molecule has 2 aliphatic rings. The summed E-state index contributed by atoms with van der Waals surface area (Å²) in [5, 5.41) is 23.0. The molecule has 1 aromatic heterocycles. The van der Waals surface area contributed by atoms with Crippen LogP contribution >= 0.6 is 11.3 Å². The molecular formula is C28H21N3O7S. The lowest BCUT2D eigenvalue weighted by Gasteiger charge is -2.23. The largest absolute Gasteiger partial charge is 0.507 e. The van der Waals surface area contributed by atoms with Gasteiger partial charge in [-0.25, -0.2) is 4.98 Å². The molecule has 0 unspecified atom stereocenters. The number of ether oxygens (including phenoxy) is 2. The standard InChI is InChI=1S/C28H21N3O7S/c1-14-11-17-12-16(5-10-21(17)38-14)25(32)23-24(15-3-6-18(7-4-15)31(35)36)30(27(34)26(23)33)28-29-20-9-8-19(37-2)13-22(20)39-28/h3-10,12-14,24,32H,11H2,1-2H3/b25-23+/t14-,24+/m1/s1. The number of ketones is 1. The molecule has 0 radical (unpaired) electrons. The number of aromatic nitrogens is 1. The molecule has 1 saturated heterocycles. The number of thiazole rings is 1. The van der Waals surface area contributed by atoms with Gasteiger partial charge in [0, 0.05) is 24.1 Å². The van der Waals surface area contributed by atoms with Crippen LogP contribution in [0.15, 0.2) is 66.2 Å². The van der Waals surface area contributed by atoms with Gasteiger partial charge in [0.05, 0.1) is 33.9 Å². The topological polar surface area (TPSA) is 132 Å². The number of fused-ring (bicyclic) bond motifs is 2. The molecule has 3 aromatic carbocycles. The van der Waals surface area contributed by atoms with Crippen molar-refractivity contribution < 1.29 is 29.1 Å². The molecule has 11 heteroatoms. The van der Waals surface area contributed by atoms with Crippen molar-refractivity contribution in [2.45, 2.75) is 25.5 Å². The number of carbonyl (C=O) groups is 2. The van der Waals surface area contributed by atoms with Crippen LogP contribution in [0.2, 0.25) is 0 Å². The highest BCUT2D eigenvalue weighted by atomic mass is 32.1. The Morgan fingerprint density at radius 1 is 1.15 bits per heavy atom. The average Bonchev–Trinajstić information content (AvgIpc) is 3.59. The minimum atomic E-state index is -1.06. The molecule has 1 N–H and O–H groups in total. The van der Waals surface area contributed by atoms with Gasteiger partial charge in [0.1, 0.15) is 23.4 Å². The number of nitro benzene ring substituents is 1. The molecular weight excluding hydrogens is 522 g/mol. The average molecular weight is 544 g/mol. The second-order valence-electron chi connectivity index (χ2n) is 9.30. The zero-order chi connectivity index (χ0) is 27.4. The molecule has 2 atom stereocenters. The summed E-state index contributed by atoms with van der Waals surface area (Å²) < 4.78 is 11.8. The third-order valence-electron chi connectivity index (χ3n) is 6.82. The minimum Gasteiger partial charge on any atom is -0.507 e. The van der Waals surface area contributed by atoms with Gasteiger partial charge in [-0.1, -0.05) is 11.3 Å². The van der Waals surface area contributed by atoms with E-state index < -0.39 is 22.7 Å². The molecule has 1 amide bonds. The van der Waals surface area contributed by atoms with Crippen molar-refractivity contribution in [3.63, 3.8) is 0 Å². The Morgan fingerprint density at radius 2 is 1.92 bits per heavy atom. The van der Waals surface area contributed by atoms with E-state index in [1.165, 1.54) is 40.5 Å². The van der Waals surface area contributed by atoms with Crippen molar-refractivity contribution in [3.05, 3.63) is 93.0 Å². The fourth-order valence-electron chi connectivity index (χ4n) is 4.97. The van der Waals surface area contributed by atoms with Crippen LogP contribution in [0.3, 0.4) is 0 Å². The first-order valence-electron chi connectivity index (χ1n) is 12.0. The number of nitro groups is 1. The fourth-order valence-corrected chi connectivity index (χ4v) is 5.99. The third-order valence-corrected chi connectivity index (χ3v) is 7.84. The number of rotatable bonds is 5. The molecule has 0 saturated carbocycles. The minimum absolute atomic E-state index is 0.0132. The molecule has 3 heterocycles. The first-order valence-corrected chi connectivity index (χ1v) is 12.9. The first-order chi connectivity index (χ1) is 18.7. The molecule has 39 heavy (non-hydrogen) atoms. The van der Waals surface area contributed by atoms with Crippen LogP contribution in [0.25, 0.3) is 16.0 Å². The van der Waals surface area contributed by atoms with E-state index in [2.05, 4.69) is 4.98 Å². The van der Waals surface area contributed by atoms with Crippen LogP contribution < -0.4 is 14.4 Å². The summed E-state index contributed by atoms with van der Waals surface area (Å²) in [5.74, 6) is -0.760. The number of aliphatic hydroxyl groups excluding tert-OH is 1. The van der Waals surface area contributed by atoms with E-state index in [1.54, 1.807) is 43.5 Å². The summed E-state index contributed by atoms with van der Waals surface area (Å²) in [4.78, 5) is 43.5. The zero-order valence-electron chi connectivity index (χ0n) is 20.8. The Balaban J connectivity index is 1.52. The highest BCUT2D eigenvalue weighted by Gasteiger charge is 2.48. The smallest absolute Gasteiger partial charge is 0.301 e. The maximum atomic E-state index is 13.5. The van der Waals surface area contributed by atoms with E-state index in [0.29, 0.717) is 34.6 Å². The van der Waals surface area contributed by atoms with Crippen molar-refractivity contribution in [2.24, 2.45) is 0 Å². The van der Waals surface area contributed by atoms with Gasteiger partial charge >= 0.3 is 5.91 Å². The van der Waals surface area contributed by atoms with E-state index in [0.717, 1.165) is 10.3 Å². The predicted molar refractivity (Wildman–Crippen MR) is 144 cm³/mol. The van der Waals surface area contributed by atoms with Crippen LogP contribution in [0.5, 0.6) is 11.5 Å². The number of non-ortho nitro benzene ring substituents is 1. The van der Waals surface area contributed by atoms with Crippen molar-refractivity contribution in [3.8, 4) is 11.5 Å². The number of amides is 1. The highest BCUT2D eigenvalue weighted by molar-refractivity contribution is 7.22. The lowest BCUT2D eigenvalue weighted by atomic mass is 9.94. The van der Waals surface area contributed by atoms with Gasteiger partial charge in [-0.2, -0.15) is 0 Å². The quantitative estimate of drug-likeness (QED) is 0.120. The van der Waals surface area contributed by atoms with Crippen LogP contribution in [-0.4, -0.2) is 39.9 Å². The van der Waals surface area contributed by atoms with Gasteiger partial charge < -0.3 is 14.6 Å². The first kappa shape index (κ1) is 24.6. The van der Waals surface area contributed by atoms with E-state index in [9.17, 15) is 24.8 Å². The highest BCUT2D eigenvalue weighted by Crippen LogP contribution is 2.45. The third kappa shape index (κ3) is 4.07. The van der Waals surface area contributed by atoms with Gasteiger partial charge in [-0.15, -0.1) is 0 Å². The number of benzene rings is 3. The summed E-state index contributed by atoms with van der Waals surface area (Å²) in [7, 11) is 1.54. The molecule has 0 spiro atoms. The van der Waals surface area contributed by atoms with E-state index >= 15 is 0 Å². The predicted octanol–water partition coefficient (Wildman–Crippen LogP) is 5.16. The van der Waals surface area contributed by atoms with Crippen molar-refractivity contribution in [2.75, 3.05) is 12.0 Å². The summed E-state index contributed by atoms with van der Waals surface area (Å²) in [6.45, 7) is 1.94. The van der Waals surface area contributed by atoms with Crippen molar-refractivity contribution in [1.82, 2.24) is 4.98 Å². The molecule has 0 bridgehead atoms. The fraction of sp³-hybridized carbons (Fsp3) is 0.179. The van der Waals surface area contributed by atoms with Crippen molar-refractivity contribution in [1.29, 1.82) is 0 Å². The number of nitrogens with zero attached hydrogens (tertiary/aromatic N) is 3. The van der Waals surface area contributed by atoms with Gasteiger partial charge in [-0.05, 0) is 66.6 Å². The molecule has 2 aliphatic heterocycles. The van der Waals surface area contributed by atoms with E-state index in [-0.39, 0.29) is 28.3 Å². The lowest BCUT2D eigenvalue weighted by Crippen LogP contribution is -2.29. The van der Waals surface area contributed by atoms with Gasteiger partial charge in [0.25, 0.3) is 11.5 Å². The van der Waals surface area contributed by atoms with Crippen LogP contribution in [0.4, 0.5) is 10.8 Å². The maximum Gasteiger partial charge on any atom is 0.301 e. The van der Waals surface area contributed by atoms with Gasteiger partial charge in [0.2, 0.25) is 0 Å². The second-order valence-corrected chi connectivity index (χ2v) is 10.3. The number of carbonyl (C=O) groups excluding carboxylic acids is 2. The monoisotopic (exact) mass is 543 g/mol. The van der Waals surface area contributed by atoms with Crippen LogP contribution in [0.1, 0.15) is 29.7 Å². The van der Waals surface area contributed by atoms with Gasteiger partial charge in [-0.3, -0.25) is 24.6 Å². The molecule has 6 rings (SSSR count). The maximum absolute atomic E-state index is 13.5. The Kier molecular flexibility index (Phi) is 5.80. The number of aliphatic hydroxyl groups is 1. The Bertz CT molecular complexity index is 1710. The molecule has 4 aromatic rings. The second kappa shape index (κ2) is 9.21. The number of Topliss-reactive ketones (excluding diaryl/α,β-unsaturated/α-hetero) is 1. The van der Waals surface area contributed by atoms with E-state index in [4.69, 9.17) is 9.47 Å². The summed E-state index contributed by atoms with van der Waals surface area (Å²) in [5.41, 5.74) is 2.00. The van der Waals surface area contributed by atoms with Gasteiger partial charge in [0.15, 0.2) is 5.13 Å².